The molecule has 0 aliphatic heterocycles. The summed E-state index contributed by atoms with van der Waals surface area (Å²) in [6, 6.07) is 3.83. The average Bonchev–Trinajstić information content (AvgIpc) is 2.13. The highest BCUT2D eigenvalue weighted by Gasteiger charge is 2.29. The summed E-state index contributed by atoms with van der Waals surface area (Å²) in [6.45, 7) is 4.62. The molecule has 0 radical (unpaired) electrons. The zero-order valence-corrected chi connectivity index (χ0v) is 11.8. The number of carboxylic acid groups (broad SMARTS) is 1. The Labute approximate surface area is 111 Å². The Morgan fingerprint density at radius 2 is 1.83 bits per heavy atom. The number of nitrogens with one attached hydrogen (secondary N) is 1. The second-order valence-corrected chi connectivity index (χ2v) is 7.62. The predicted molar refractivity (Wildman–Crippen MR) is 70.7 cm³/mol. The summed E-state index contributed by atoms with van der Waals surface area (Å²) >= 11 is 5.74. The number of hydrogen-bond donors (Lipinski definition) is 2. The zero-order valence-electron chi connectivity index (χ0n) is 10.2. The molecule has 18 heavy (non-hydrogen) atoms. The molecule has 0 saturated carbocycles. The first kappa shape index (κ1) is 14.8. The van der Waals surface area contributed by atoms with E-state index in [4.69, 9.17) is 16.7 Å². The lowest BCUT2D eigenvalue weighted by Crippen LogP contribution is -2.33. The van der Waals surface area contributed by atoms with Gasteiger partial charge in [-0.05, 0) is 39.0 Å². The van der Waals surface area contributed by atoms with Gasteiger partial charge in [0.05, 0.1) is 16.0 Å². The molecule has 5 nitrogen and oxygen atoms in total. The number of anilines is 1. The molecule has 1 aromatic rings. The van der Waals surface area contributed by atoms with E-state index in [-0.39, 0.29) is 16.3 Å². The Bertz CT molecular complexity index is 575. The van der Waals surface area contributed by atoms with Gasteiger partial charge in [-0.1, -0.05) is 11.6 Å². The van der Waals surface area contributed by atoms with Crippen LogP contribution in [0.25, 0.3) is 0 Å². The van der Waals surface area contributed by atoms with Crippen LogP contribution in [0.2, 0.25) is 5.02 Å². The van der Waals surface area contributed by atoms with Gasteiger partial charge in [0, 0.05) is 5.02 Å². The average molecular weight is 292 g/mol. The number of rotatable bonds is 3. The highest BCUT2D eigenvalue weighted by Crippen LogP contribution is 2.23. The van der Waals surface area contributed by atoms with Crippen LogP contribution in [-0.2, 0) is 10.0 Å². The summed E-state index contributed by atoms with van der Waals surface area (Å²) in [7, 11) is -3.61. The van der Waals surface area contributed by atoms with E-state index in [0.29, 0.717) is 0 Å². The van der Waals surface area contributed by atoms with Gasteiger partial charge in [0.25, 0.3) is 0 Å². The molecule has 1 rings (SSSR count). The van der Waals surface area contributed by atoms with Crippen molar-refractivity contribution in [1.29, 1.82) is 0 Å². The molecule has 0 aromatic heterocycles. The third kappa shape index (κ3) is 3.36. The van der Waals surface area contributed by atoms with Crippen molar-refractivity contribution >= 4 is 33.3 Å². The van der Waals surface area contributed by atoms with Crippen LogP contribution < -0.4 is 4.72 Å². The van der Waals surface area contributed by atoms with Crippen LogP contribution in [0, 0.1) is 0 Å². The maximum absolute atomic E-state index is 11.9. The van der Waals surface area contributed by atoms with Crippen LogP contribution in [0.1, 0.15) is 31.1 Å². The van der Waals surface area contributed by atoms with Crippen LogP contribution in [0.5, 0.6) is 0 Å². The normalized spacial score (nSPS) is 12.2. The lowest BCUT2D eigenvalue weighted by atomic mass is 10.2. The topological polar surface area (TPSA) is 83.5 Å². The van der Waals surface area contributed by atoms with E-state index in [0.717, 1.165) is 0 Å². The maximum Gasteiger partial charge on any atom is 0.335 e. The number of sulfonamides is 1. The van der Waals surface area contributed by atoms with Crippen molar-refractivity contribution in [3.8, 4) is 0 Å². The second-order valence-electron chi connectivity index (χ2n) is 4.75. The molecule has 7 heteroatoms. The fourth-order valence-corrected chi connectivity index (χ4v) is 2.05. The Hall–Kier alpha value is -1.27. The Balaban J connectivity index is 3.17. The first-order valence-corrected chi connectivity index (χ1v) is 6.95. The maximum atomic E-state index is 11.9. The van der Waals surface area contributed by atoms with Crippen molar-refractivity contribution in [2.24, 2.45) is 0 Å². The molecule has 0 spiro atoms. The van der Waals surface area contributed by atoms with Gasteiger partial charge in [-0.3, -0.25) is 4.72 Å². The van der Waals surface area contributed by atoms with E-state index in [9.17, 15) is 13.2 Å². The number of carboxylic acids is 1. The van der Waals surface area contributed by atoms with Crippen LogP contribution in [-0.4, -0.2) is 24.2 Å². The molecule has 0 bridgehead atoms. The highest BCUT2D eigenvalue weighted by molar-refractivity contribution is 7.94. The molecular formula is C11H14ClNO4S. The molecule has 100 valence electrons. The quantitative estimate of drug-likeness (QED) is 0.896. The summed E-state index contributed by atoms with van der Waals surface area (Å²) in [5.74, 6) is -1.17. The van der Waals surface area contributed by atoms with E-state index < -0.39 is 20.7 Å². The fourth-order valence-electron chi connectivity index (χ4n) is 1.08. The zero-order chi connectivity index (χ0) is 14.1. The minimum Gasteiger partial charge on any atom is -0.478 e. The van der Waals surface area contributed by atoms with Gasteiger partial charge >= 0.3 is 5.97 Å². The van der Waals surface area contributed by atoms with Gasteiger partial charge in [-0.15, -0.1) is 0 Å². The first-order chi connectivity index (χ1) is 8.03. The molecule has 0 unspecified atom stereocenters. The van der Waals surface area contributed by atoms with Crippen molar-refractivity contribution in [1.82, 2.24) is 0 Å². The van der Waals surface area contributed by atoms with Gasteiger partial charge < -0.3 is 5.11 Å². The van der Waals surface area contributed by atoms with Gasteiger partial charge in [0.2, 0.25) is 10.0 Å². The first-order valence-electron chi connectivity index (χ1n) is 5.09. The Kier molecular flexibility index (Phi) is 3.92. The largest absolute Gasteiger partial charge is 0.478 e. The minimum absolute atomic E-state index is 0.0749. The second kappa shape index (κ2) is 4.78. The van der Waals surface area contributed by atoms with Gasteiger partial charge in [-0.25, -0.2) is 13.2 Å². The Morgan fingerprint density at radius 3 is 2.28 bits per heavy atom. The van der Waals surface area contributed by atoms with E-state index >= 15 is 0 Å². The smallest absolute Gasteiger partial charge is 0.335 e. The monoisotopic (exact) mass is 291 g/mol. The van der Waals surface area contributed by atoms with E-state index in [1.54, 1.807) is 0 Å². The third-order valence-corrected chi connectivity index (χ3v) is 4.54. The third-order valence-electron chi connectivity index (χ3n) is 2.20. The van der Waals surface area contributed by atoms with Gasteiger partial charge in [0.15, 0.2) is 0 Å². The lowest BCUT2D eigenvalue weighted by molar-refractivity contribution is 0.0697. The summed E-state index contributed by atoms with van der Waals surface area (Å²) in [5.41, 5.74) is 0.0592. The highest BCUT2D eigenvalue weighted by atomic mass is 35.5. The molecule has 0 amide bonds. The molecule has 0 aliphatic rings. The standard InChI is InChI=1S/C11H14ClNO4S/c1-11(2,3)18(16,17)13-9-5-7(10(14)15)4-8(12)6-9/h4-6,13H,1-3H3,(H,14,15). The van der Waals surface area contributed by atoms with Crippen molar-refractivity contribution in [3.63, 3.8) is 0 Å². The summed E-state index contributed by atoms with van der Waals surface area (Å²) in [5, 5.41) is 9.01. The number of hydrogen-bond acceptors (Lipinski definition) is 3. The van der Waals surface area contributed by atoms with E-state index in [1.165, 1.54) is 39.0 Å². The SMILES string of the molecule is CC(C)(C)S(=O)(=O)Nc1cc(Cl)cc(C(=O)O)c1. The molecular weight excluding hydrogens is 278 g/mol. The van der Waals surface area contributed by atoms with Crippen molar-refractivity contribution in [2.45, 2.75) is 25.5 Å². The van der Waals surface area contributed by atoms with Crippen molar-refractivity contribution in [3.05, 3.63) is 28.8 Å². The molecule has 0 heterocycles. The van der Waals surface area contributed by atoms with Crippen molar-refractivity contribution in [2.75, 3.05) is 4.72 Å². The lowest BCUT2D eigenvalue weighted by Gasteiger charge is -2.20. The summed E-state index contributed by atoms with van der Waals surface area (Å²) in [4.78, 5) is 10.8. The van der Waals surface area contributed by atoms with Gasteiger partial charge in [-0.2, -0.15) is 0 Å². The predicted octanol–water partition coefficient (Wildman–Crippen LogP) is 2.58. The Morgan fingerprint density at radius 1 is 1.28 bits per heavy atom. The summed E-state index contributed by atoms with van der Waals surface area (Å²) < 4.78 is 25.1. The van der Waals surface area contributed by atoms with E-state index in [1.807, 2.05) is 0 Å². The molecule has 0 saturated heterocycles. The van der Waals surface area contributed by atoms with Crippen LogP contribution in [0.15, 0.2) is 18.2 Å². The number of benzene rings is 1. The van der Waals surface area contributed by atoms with Crippen molar-refractivity contribution < 1.29 is 18.3 Å². The molecule has 0 aliphatic carbocycles. The van der Waals surface area contributed by atoms with E-state index in [2.05, 4.69) is 4.72 Å². The molecule has 0 atom stereocenters. The molecule has 2 N–H and O–H groups in total. The molecule has 0 fully saturated rings. The van der Waals surface area contributed by atoms with Gasteiger partial charge in [0.1, 0.15) is 0 Å². The van der Waals surface area contributed by atoms with Crippen LogP contribution in [0.3, 0.4) is 0 Å². The number of aromatic carboxylic acids is 1. The number of carbonyl (C=O) groups is 1. The van der Waals surface area contributed by atoms with Crippen LogP contribution in [0.4, 0.5) is 5.69 Å². The summed E-state index contributed by atoms with van der Waals surface area (Å²) in [6.07, 6.45) is 0. The molecule has 1 aromatic carbocycles. The van der Waals surface area contributed by atoms with Crippen LogP contribution >= 0.6 is 11.6 Å². The minimum atomic E-state index is -3.61. The number of halogens is 1. The fraction of sp³-hybridized carbons (Fsp3) is 0.364.